The van der Waals surface area contributed by atoms with Crippen LogP contribution in [0.25, 0.3) is 6.08 Å². The highest BCUT2D eigenvalue weighted by atomic mass is 16.2. The van der Waals surface area contributed by atoms with Crippen molar-refractivity contribution in [3.05, 3.63) is 65.9 Å². The van der Waals surface area contributed by atoms with Gasteiger partial charge >= 0.3 is 6.03 Å². The van der Waals surface area contributed by atoms with Crippen molar-refractivity contribution in [2.45, 2.75) is 12.8 Å². The SMILES string of the molecule is O=C(CN1C(=O)NC(=Cc2ccc(N3CCCC3)cc2)C1=O)Nc1ccccc1. The predicted octanol–water partition coefficient (Wildman–Crippen LogP) is 2.82. The highest BCUT2D eigenvalue weighted by Gasteiger charge is 2.34. The fourth-order valence-corrected chi connectivity index (χ4v) is 3.50. The summed E-state index contributed by atoms with van der Waals surface area (Å²) < 4.78 is 0. The number of anilines is 2. The first-order chi connectivity index (χ1) is 14.1. The number of hydrogen-bond acceptors (Lipinski definition) is 4. The topological polar surface area (TPSA) is 81.8 Å². The average Bonchev–Trinajstić information content (AvgIpc) is 3.34. The second-order valence-electron chi connectivity index (χ2n) is 7.08. The van der Waals surface area contributed by atoms with Crippen molar-refractivity contribution < 1.29 is 14.4 Å². The van der Waals surface area contributed by atoms with Gasteiger partial charge in [-0.25, -0.2) is 9.69 Å². The summed E-state index contributed by atoms with van der Waals surface area (Å²) in [4.78, 5) is 40.1. The summed E-state index contributed by atoms with van der Waals surface area (Å²) in [6, 6.07) is 16.2. The monoisotopic (exact) mass is 390 g/mol. The molecule has 2 N–H and O–H groups in total. The highest BCUT2D eigenvalue weighted by molar-refractivity contribution is 6.15. The molecule has 0 bridgehead atoms. The Labute approximate surface area is 169 Å². The van der Waals surface area contributed by atoms with Gasteiger partial charge < -0.3 is 15.5 Å². The zero-order chi connectivity index (χ0) is 20.2. The molecule has 2 aromatic rings. The van der Waals surface area contributed by atoms with Crippen LogP contribution < -0.4 is 15.5 Å². The number of nitrogens with one attached hydrogen (secondary N) is 2. The van der Waals surface area contributed by atoms with Crippen LogP contribution in [0.3, 0.4) is 0 Å². The number of urea groups is 1. The fraction of sp³-hybridized carbons (Fsp3) is 0.227. The van der Waals surface area contributed by atoms with E-state index in [4.69, 9.17) is 0 Å². The molecule has 0 aliphatic carbocycles. The van der Waals surface area contributed by atoms with Gasteiger partial charge in [0.2, 0.25) is 5.91 Å². The van der Waals surface area contributed by atoms with Gasteiger partial charge in [0, 0.05) is 24.5 Å². The van der Waals surface area contributed by atoms with E-state index in [9.17, 15) is 14.4 Å². The van der Waals surface area contributed by atoms with E-state index in [2.05, 4.69) is 15.5 Å². The molecule has 2 fully saturated rings. The lowest BCUT2D eigenvalue weighted by Crippen LogP contribution is -2.38. The molecular weight excluding hydrogens is 368 g/mol. The van der Waals surface area contributed by atoms with Gasteiger partial charge in [-0.05, 0) is 48.7 Å². The quantitative estimate of drug-likeness (QED) is 0.608. The standard InChI is InChI=1S/C22H22N4O3/c27-20(23-17-6-2-1-3-7-17)15-26-21(28)19(24-22(26)29)14-16-8-10-18(11-9-16)25-12-4-5-13-25/h1-3,6-11,14H,4-5,12-13,15H2,(H,23,27)(H,24,29). The number of hydrogen-bond donors (Lipinski definition) is 2. The third-order valence-corrected chi connectivity index (χ3v) is 5.00. The van der Waals surface area contributed by atoms with E-state index in [0.29, 0.717) is 5.69 Å². The molecule has 2 aliphatic heterocycles. The molecule has 0 spiro atoms. The normalized spacial score (nSPS) is 17.7. The summed E-state index contributed by atoms with van der Waals surface area (Å²) >= 11 is 0. The number of carbonyl (C=O) groups is 3. The van der Waals surface area contributed by atoms with Gasteiger partial charge in [-0.1, -0.05) is 30.3 Å². The van der Waals surface area contributed by atoms with Gasteiger partial charge in [0.1, 0.15) is 12.2 Å². The van der Waals surface area contributed by atoms with E-state index in [1.807, 2.05) is 30.3 Å². The Morgan fingerprint density at radius 1 is 1.00 bits per heavy atom. The van der Waals surface area contributed by atoms with Gasteiger partial charge in [-0.15, -0.1) is 0 Å². The van der Waals surface area contributed by atoms with E-state index >= 15 is 0 Å². The van der Waals surface area contributed by atoms with E-state index in [1.54, 1.807) is 30.3 Å². The zero-order valence-corrected chi connectivity index (χ0v) is 15.9. The first-order valence-electron chi connectivity index (χ1n) is 9.64. The van der Waals surface area contributed by atoms with Crippen LogP contribution in [0.1, 0.15) is 18.4 Å². The Hall–Kier alpha value is -3.61. The summed E-state index contributed by atoms with van der Waals surface area (Å²) in [6.07, 6.45) is 4.04. The number of imide groups is 1. The maximum Gasteiger partial charge on any atom is 0.329 e. The lowest BCUT2D eigenvalue weighted by molar-refractivity contribution is -0.127. The van der Waals surface area contributed by atoms with Crippen LogP contribution in [0.2, 0.25) is 0 Å². The third kappa shape index (κ3) is 4.29. The first-order valence-corrected chi connectivity index (χ1v) is 9.64. The van der Waals surface area contributed by atoms with Crippen molar-refractivity contribution in [1.82, 2.24) is 10.2 Å². The molecule has 7 heteroatoms. The summed E-state index contributed by atoms with van der Waals surface area (Å²) in [6.45, 7) is 1.79. The Morgan fingerprint density at radius 3 is 2.38 bits per heavy atom. The van der Waals surface area contributed by atoms with Crippen molar-refractivity contribution in [3.63, 3.8) is 0 Å². The minimum Gasteiger partial charge on any atom is -0.372 e. The zero-order valence-electron chi connectivity index (χ0n) is 15.9. The summed E-state index contributed by atoms with van der Waals surface area (Å²) in [5.74, 6) is -0.947. The lowest BCUT2D eigenvalue weighted by Gasteiger charge is -2.17. The molecule has 2 aliphatic rings. The minimum absolute atomic E-state index is 0.163. The van der Waals surface area contributed by atoms with E-state index in [0.717, 1.165) is 29.2 Å². The number of amides is 4. The number of para-hydroxylation sites is 1. The van der Waals surface area contributed by atoms with Gasteiger partial charge in [-0.3, -0.25) is 9.59 Å². The van der Waals surface area contributed by atoms with Crippen molar-refractivity contribution in [2.24, 2.45) is 0 Å². The molecule has 0 aromatic heterocycles. The number of nitrogens with zero attached hydrogens (tertiary/aromatic N) is 2. The van der Waals surface area contributed by atoms with Crippen LogP contribution in [0.5, 0.6) is 0 Å². The van der Waals surface area contributed by atoms with Gasteiger partial charge in [-0.2, -0.15) is 0 Å². The Balaban J connectivity index is 1.41. The van der Waals surface area contributed by atoms with E-state index < -0.39 is 17.8 Å². The molecule has 4 amide bonds. The summed E-state index contributed by atoms with van der Waals surface area (Å²) in [5.41, 5.74) is 2.74. The second kappa shape index (κ2) is 8.18. The fourth-order valence-electron chi connectivity index (χ4n) is 3.50. The third-order valence-electron chi connectivity index (χ3n) is 5.00. The van der Waals surface area contributed by atoms with Crippen LogP contribution in [-0.2, 0) is 9.59 Å². The number of rotatable bonds is 5. The molecule has 29 heavy (non-hydrogen) atoms. The van der Waals surface area contributed by atoms with Gasteiger partial charge in [0.05, 0.1) is 0 Å². The van der Waals surface area contributed by atoms with E-state index in [-0.39, 0.29) is 12.2 Å². The molecule has 2 heterocycles. The van der Waals surface area contributed by atoms with Gasteiger partial charge in [0.15, 0.2) is 0 Å². The Morgan fingerprint density at radius 2 is 1.69 bits per heavy atom. The van der Waals surface area contributed by atoms with Crippen LogP contribution in [0.4, 0.5) is 16.2 Å². The lowest BCUT2D eigenvalue weighted by atomic mass is 10.1. The Bertz CT molecular complexity index is 948. The molecule has 2 saturated heterocycles. The maximum atomic E-state index is 12.6. The first kappa shape index (κ1) is 18.7. The van der Waals surface area contributed by atoms with Crippen molar-refractivity contribution in [2.75, 3.05) is 29.9 Å². The molecule has 0 saturated carbocycles. The molecule has 2 aromatic carbocycles. The second-order valence-corrected chi connectivity index (χ2v) is 7.08. The molecule has 148 valence electrons. The molecule has 0 unspecified atom stereocenters. The van der Waals surface area contributed by atoms with Crippen LogP contribution >= 0.6 is 0 Å². The van der Waals surface area contributed by atoms with Crippen LogP contribution in [0.15, 0.2) is 60.3 Å². The number of carbonyl (C=O) groups excluding carboxylic acids is 3. The van der Waals surface area contributed by atoms with E-state index in [1.165, 1.54) is 12.8 Å². The highest BCUT2D eigenvalue weighted by Crippen LogP contribution is 2.22. The van der Waals surface area contributed by atoms with Gasteiger partial charge in [0.25, 0.3) is 5.91 Å². The molecule has 4 rings (SSSR count). The maximum absolute atomic E-state index is 12.6. The van der Waals surface area contributed by atoms with Crippen LogP contribution in [0, 0.1) is 0 Å². The summed E-state index contributed by atoms with van der Waals surface area (Å²) in [7, 11) is 0. The molecule has 0 atom stereocenters. The van der Waals surface area contributed by atoms with Crippen LogP contribution in [-0.4, -0.2) is 42.4 Å². The van der Waals surface area contributed by atoms with Crippen molar-refractivity contribution in [3.8, 4) is 0 Å². The molecule has 0 radical (unpaired) electrons. The Kier molecular flexibility index (Phi) is 5.29. The van der Waals surface area contributed by atoms with Crippen molar-refractivity contribution >= 4 is 35.3 Å². The number of benzene rings is 2. The molecule has 7 nitrogen and oxygen atoms in total. The average molecular weight is 390 g/mol. The minimum atomic E-state index is -0.599. The largest absolute Gasteiger partial charge is 0.372 e. The molecular formula is C22H22N4O3. The van der Waals surface area contributed by atoms with Crippen molar-refractivity contribution in [1.29, 1.82) is 0 Å². The predicted molar refractivity (Wildman–Crippen MR) is 111 cm³/mol. The summed E-state index contributed by atoms with van der Waals surface area (Å²) in [5, 5.41) is 5.22. The smallest absolute Gasteiger partial charge is 0.329 e.